The van der Waals surface area contributed by atoms with Crippen molar-refractivity contribution in [3.63, 3.8) is 0 Å². The molecule has 1 aliphatic rings. The molecule has 1 fully saturated rings. The molecule has 0 aromatic heterocycles. The largest absolute Gasteiger partial charge is 0.396 e. The Bertz CT molecular complexity index is 623. The predicted molar refractivity (Wildman–Crippen MR) is 99.2 cm³/mol. The summed E-state index contributed by atoms with van der Waals surface area (Å²) in [6.45, 7) is 8.13. The first kappa shape index (κ1) is 19.4. The van der Waals surface area contributed by atoms with Gasteiger partial charge in [0.05, 0.1) is 18.5 Å². The maximum atomic E-state index is 13.1. The monoisotopic (exact) mass is 343 g/mol. The van der Waals surface area contributed by atoms with Crippen molar-refractivity contribution >= 4 is 11.6 Å². The summed E-state index contributed by atoms with van der Waals surface area (Å²) >= 11 is 0. The van der Waals surface area contributed by atoms with E-state index in [-0.39, 0.29) is 24.0 Å². The van der Waals surface area contributed by atoms with Crippen LogP contribution in [-0.4, -0.2) is 48.2 Å². The smallest absolute Gasteiger partial charge is 0.244 e. The van der Waals surface area contributed by atoms with Crippen LogP contribution in [0.1, 0.15) is 38.7 Å². The zero-order valence-electron chi connectivity index (χ0n) is 15.5. The van der Waals surface area contributed by atoms with Crippen LogP contribution in [0.25, 0.3) is 0 Å². The minimum atomic E-state index is -0.272. The molecule has 2 unspecified atom stereocenters. The van der Waals surface area contributed by atoms with Crippen LogP contribution in [0.2, 0.25) is 0 Å². The van der Waals surface area contributed by atoms with E-state index in [2.05, 4.69) is 17.9 Å². The summed E-state index contributed by atoms with van der Waals surface area (Å²) in [6, 6.07) is 9.70. The van der Waals surface area contributed by atoms with Crippen molar-refractivity contribution in [1.29, 1.82) is 5.26 Å². The molecule has 1 aromatic rings. The van der Waals surface area contributed by atoms with Crippen LogP contribution in [0.3, 0.4) is 0 Å². The minimum absolute atomic E-state index is 0.0151. The maximum absolute atomic E-state index is 13.1. The summed E-state index contributed by atoms with van der Waals surface area (Å²) in [5.74, 6) is 0.0151. The van der Waals surface area contributed by atoms with Crippen LogP contribution in [0.5, 0.6) is 0 Å². The molecule has 5 heteroatoms. The summed E-state index contributed by atoms with van der Waals surface area (Å²) in [4.78, 5) is 17.0. The molecule has 0 saturated carbocycles. The number of carbonyl (C=O) groups excluding carboxylic acids is 1. The van der Waals surface area contributed by atoms with E-state index in [1.807, 2.05) is 38.1 Å². The Kier molecular flexibility index (Phi) is 6.57. The zero-order chi connectivity index (χ0) is 18.4. The Morgan fingerprint density at radius 3 is 2.72 bits per heavy atom. The summed E-state index contributed by atoms with van der Waals surface area (Å²) in [5.41, 5.74) is 1.83. The van der Waals surface area contributed by atoms with Gasteiger partial charge in [-0.05, 0) is 45.4 Å². The number of hydrogen-bond acceptors (Lipinski definition) is 4. The normalized spacial score (nSPS) is 22.2. The molecule has 2 rings (SSSR count). The highest BCUT2D eigenvalue weighted by molar-refractivity contribution is 5.97. The van der Waals surface area contributed by atoms with Gasteiger partial charge in [0, 0.05) is 30.8 Å². The average Bonchev–Trinajstić information content (AvgIpc) is 2.62. The van der Waals surface area contributed by atoms with Gasteiger partial charge in [0.2, 0.25) is 5.91 Å². The number of likely N-dealkylation sites (tertiary alicyclic amines) is 1. The first-order chi connectivity index (χ1) is 11.9. The Morgan fingerprint density at radius 1 is 1.44 bits per heavy atom. The number of aliphatic hydroxyl groups excluding tert-OH is 1. The van der Waals surface area contributed by atoms with Gasteiger partial charge in [-0.25, -0.2) is 0 Å². The lowest BCUT2D eigenvalue weighted by Crippen LogP contribution is -2.53. The molecule has 25 heavy (non-hydrogen) atoms. The van der Waals surface area contributed by atoms with Crippen LogP contribution < -0.4 is 4.90 Å². The van der Waals surface area contributed by atoms with Crippen LogP contribution in [-0.2, 0) is 4.79 Å². The topological polar surface area (TPSA) is 67.6 Å². The van der Waals surface area contributed by atoms with Gasteiger partial charge in [0.25, 0.3) is 0 Å². The third-order valence-corrected chi connectivity index (χ3v) is 5.16. The van der Waals surface area contributed by atoms with E-state index in [1.165, 1.54) is 0 Å². The van der Waals surface area contributed by atoms with Gasteiger partial charge >= 0.3 is 0 Å². The molecule has 1 heterocycles. The van der Waals surface area contributed by atoms with Gasteiger partial charge in [0.15, 0.2) is 0 Å². The lowest BCUT2D eigenvalue weighted by atomic mass is 9.82. The van der Waals surface area contributed by atoms with Crippen molar-refractivity contribution in [2.75, 3.05) is 31.1 Å². The average molecular weight is 343 g/mol. The van der Waals surface area contributed by atoms with Crippen LogP contribution in [0.4, 0.5) is 5.69 Å². The fourth-order valence-electron chi connectivity index (χ4n) is 3.45. The fourth-order valence-corrected chi connectivity index (χ4v) is 3.45. The van der Waals surface area contributed by atoms with Gasteiger partial charge < -0.3 is 10.0 Å². The molecule has 2 atom stereocenters. The highest BCUT2D eigenvalue weighted by Gasteiger charge is 2.35. The van der Waals surface area contributed by atoms with E-state index < -0.39 is 0 Å². The number of amides is 1. The van der Waals surface area contributed by atoms with Crippen molar-refractivity contribution in [2.24, 2.45) is 5.41 Å². The van der Waals surface area contributed by atoms with Crippen LogP contribution in [0, 0.1) is 23.7 Å². The number of rotatable bonds is 6. The molecular weight excluding hydrogens is 314 g/mol. The molecular formula is C20H29N3O2. The number of aryl methyl sites for hydroxylation is 1. The molecule has 0 bridgehead atoms. The first-order valence-corrected chi connectivity index (χ1v) is 9.00. The van der Waals surface area contributed by atoms with E-state index in [1.54, 1.807) is 4.90 Å². The lowest BCUT2D eigenvalue weighted by Gasteiger charge is -2.42. The molecule has 1 N–H and O–H groups in total. The SMILES string of the molecule is Cc1ccc(N(CCC#N)C(=O)C(C)N2CCCC(C)(CO)C2)cc1. The molecule has 1 amide bonds. The van der Waals surface area contributed by atoms with Gasteiger partial charge in [-0.15, -0.1) is 0 Å². The standard InChI is InChI=1S/C20H29N3O2/c1-16-6-8-18(9-7-16)23(13-5-11-21)19(25)17(2)22-12-4-10-20(3,14-22)15-24/h6-9,17,24H,4-5,10,12-15H2,1-3H3. The number of hydrogen-bond donors (Lipinski definition) is 1. The fraction of sp³-hybridized carbons (Fsp3) is 0.600. The number of anilines is 1. The summed E-state index contributed by atoms with van der Waals surface area (Å²) in [5, 5.41) is 18.6. The number of carbonyl (C=O) groups is 1. The minimum Gasteiger partial charge on any atom is -0.396 e. The van der Waals surface area contributed by atoms with Crippen molar-refractivity contribution in [3.8, 4) is 6.07 Å². The second-order valence-electron chi connectivity index (χ2n) is 7.45. The maximum Gasteiger partial charge on any atom is 0.244 e. The van der Waals surface area contributed by atoms with Crippen LogP contribution in [0.15, 0.2) is 24.3 Å². The van der Waals surface area contributed by atoms with Gasteiger partial charge in [-0.1, -0.05) is 24.6 Å². The summed E-state index contributed by atoms with van der Waals surface area (Å²) < 4.78 is 0. The Morgan fingerprint density at radius 2 is 2.12 bits per heavy atom. The number of piperidine rings is 1. The lowest BCUT2D eigenvalue weighted by molar-refractivity contribution is -0.124. The van der Waals surface area contributed by atoms with Crippen molar-refractivity contribution in [3.05, 3.63) is 29.8 Å². The van der Waals surface area contributed by atoms with Crippen molar-refractivity contribution < 1.29 is 9.90 Å². The van der Waals surface area contributed by atoms with E-state index in [4.69, 9.17) is 5.26 Å². The molecule has 5 nitrogen and oxygen atoms in total. The van der Waals surface area contributed by atoms with E-state index in [0.29, 0.717) is 13.0 Å². The zero-order valence-corrected chi connectivity index (χ0v) is 15.5. The number of nitrogens with zero attached hydrogens (tertiary/aromatic N) is 3. The predicted octanol–water partition coefficient (Wildman–Crippen LogP) is 2.72. The second kappa shape index (κ2) is 8.46. The summed E-state index contributed by atoms with van der Waals surface area (Å²) in [7, 11) is 0. The quantitative estimate of drug-likeness (QED) is 0.862. The van der Waals surface area contributed by atoms with E-state index in [0.717, 1.165) is 37.2 Å². The Hall–Kier alpha value is -1.90. The Balaban J connectivity index is 2.17. The second-order valence-corrected chi connectivity index (χ2v) is 7.45. The van der Waals surface area contributed by atoms with Gasteiger partial charge in [-0.2, -0.15) is 5.26 Å². The van der Waals surface area contributed by atoms with Crippen LogP contribution >= 0.6 is 0 Å². The molecule has 0 radical (unpaired) electrons. The van der Waals surface area contributed by atoms with E-state index >= 15 is 0 Å². The molecule has 1 aromatic carbocycles. The third-order valence-electron chi connectivity index (χ3n) is 5.16. The molecule has 136 valence electrons. The third kappa shape index (κ3) is 4.81. The highest BCUT2D eigenvalue weighted by Crippen LogP contribution is 2.30. The van der Waals surface area contributed by atoms with E-state index in [9.17, 15) is 9.90 Å². The molecule has 1 saturated heterocycles. The molecule has 0 spiro atoms. The van der Waals surface area contributed by atoms with Crippen molar-refractivity contribution in [1.82, 2.24) is 4.90 Å². The number of nitriles is 1. The molecule has 1 aliphatic heterocycles. The number of aliphatic hydroxyl groups is 1. The first-order valence-electron chi connectivity index (χ1n) is 9.00. The highest BCUT2D eigenvalue weighted by atomic mass is 16.3. The number of benzene rings is 1. The summed E-state index contributed by atoms with van der Waals surface area (Å²) in [6.07, 6.45) is 2.27. The van der Waals surface area contributed by atoms with Crippen molar-refractivity contribution in [2.45, 2.75) is 46.1 Å². The Labute approximate surface area is 150 Å². The molecule has 0 aliphatic carbocycles. The van der Waals surface area contributed by atoms with Gasteiger partial charge in [0.1, 0.15) is 0 Å². The van der Waals surface area contributed by atoms with Gasteiger partial charge in [-0.3, -0.25) is 9.69 Å².